The molecule has 152 valence electrons. The molecule has 2 aromatic carbocycles. The number of halogens is 1. The van der Waals surface area contributed by atoms with Gasteiger partial charge in [0.15, 0.2) is 9.84 Å². The van der Waals surface area contributed by atoms with Gasteiger partial charge in [-0.25, -0.2) is 8.42 Å². The summed E-state index contributed by atoms with van der Waals surface area (Å²) in [7, 11) is -2.99. The lowest BCUT2D eigenvalue weighted by Crippen LogP contribution is -2.42. The number of aliphatic hydroxyl groups is 1. The molecule has 1 aliphatic rings. The van der Waals surface area contributed by atoms with Crippen LogP contribution in [0.3, 0.4) is 0 Å². The van der Waals surface area contributed by atoms with Gasteiger partial charge in [-0.05, 0) is 43.2 Å². The van der Waals surface area contributed by atoms with Crippen molar-refractivity contribution >= 4 is 25.8 Å². The summed E-state index contributed by atoms with van der Waals surface area (Å²) >= 11 is 3.38. The second kappa shape index (κ2) is 9.39. The van der Waals surface area contributed by atoms with Gasteiger partial charge < -0.3 is 9.84 Å². The number of hydrogen-bond acceptors (Lipinski definition) is 5. The molecule has 0 bridgehead atoms. The first-order chi connectivity index (χ1) is 13.3. The topological polar surface area (TPSA) is 66.8 Å². The van der Waals surface area contributed by atoms with Gasteiger partial charge in [0.1, 0.15) is 18.5 Å². The van der Waals surface area contributed by atoms with Gasteiger partial charge in [-0.15, -0.1) is 0 Å². The van der Waals surface area contributed by atoms with Crippen LogP contribution in [0.2, 0.25) is 0 Å². The molecule has 2 aromatic rings. The van der Waals surface area contributed by atoms with E-state index in [1.165, 1.54) is 5.56 Å². The van der Waals surface area contributed by atoms with Crippen LogP contribution in [-0.2, 0) is 16.4 Å². The number of aliphatic hydroxyl groups excluding tert-OH is 1. The van der Waals surface area contributed by atoms with Gasteiger partial charge in [0.25, 0.3) is 0 Å². The Bertz CT molecular complexity index is 868. The number of hydrogen-bond donors (Lipinski definition) is 1. The molecule has 1 N–H and O–H groups in total. The van der Waals surface area contributed by atoms with Crippen molar-refractivity contribution in [2.75, 3.05) is 24.7 Å². The molecule has 1 fully saturated rings. The Balaban J connectivity index is 1.63. The summed E-state index contributed by atoms with van der Waals surface area (Å²) in [6.07, 6.45) is -0.105. The molecule has 3 rings (SSSR count). The molecule has 0 amide bonds. The zero-order valence-electron chi connectivity index (χ0n) is 15.9. The Labute approximate surface area is 175 Å². The third-order valence-corrected chi connectivity index (χ3v) is 7.21. The lowest BCUT2D eigenvalue weighted by molar-refractivity contribution is 0.0525. The number of nitrogens with zero attached hydrogens (tertiary/aromatic N) is 1. The van der Waals surface area contributed by atoms with Crippen molar-refractivity contribution in [3.63, 3.8) is 0 Å². The lowest BCUT2D eigenvalue weighted by Gasteiger charge is -2.30. The highest BCUT2D eigenvalue weighted by molar-refractivity contribution is 9.10. The zero-order valence-corrected chi connectivity index (χ0v) is 18.3. The molecule has 28 heavy (non-hydrogen) atoms. The summed E-state index contributed by atoms with van der Waals surface area (Å²) in [6, 6.07) is 15.6. The molecule has 1 heterocycles. The van der Waals surface area contributed by atoms with Crippen LogP contribution in [0, 0.1) is 6.92 Å². The standard InChI is InChI=1S/C21H26BrNO4S/c1-16-2-4-17(5-3-16)12-23(19-10-11-28(25,26)15-19)13-20(24)14-27-21-8-6-18(22)7-9-21/h2-9,19-20,24H,10-15H2,1H3. The SMILES string of the molecule is Cc1ccc(CN(CC(O)COc2ccc(Br)cc2)C2CCS(=O)(=O)C2)cc1. The van der Waals surface area contributed by atoms with Crippen LogP contribution in [-0.4, -0.2) is 55.2 Å². The minimum absolute atomic E-state index is 0.0753. The molecule has 0 saturated carbocycles. The molecule has 7 heteroatoms. The van der Waals surface area contributed by atoms with Crippen molar-refractivity contribution in [2.45, 2.75) is 32.0 Å². The predicted molar refractivity (Wildman–Crippen MR) is 114 cm³/mol. The highest BCUT2D eigenvalue weighted by Crippen LogP contribution is 2.21. The smallest absolute Gasteiger partial charge is 0.151 e. The number of aryl methyl sites for hydroxylation is 1. The molecule has 0 aliphatic carbocycles. The Hall–Kier alpha value is -1.41. The van der Waals surface area contributed by atoms with Crippen LogP contribution in [0.25, 0.3) is 0 Å². The second-order valence-electron chi connectivity index (χ2n) is 7.39. The first kappa shape index (κ1) is 21.3. The van der Waals surface area contributed by atoms with Gasteiger partial charge in [0.05, 0.1) is 11.5 Å². The third kappa shape index (κ3) is 6.30. The normalized spacial score (nSPS) is 19.6. The third-order valence-electron chi connectivity index (χ3n) is 4.93. The number of rotatable bonds is 8. The molecule has 1 aliphatic heterocycles. The van der Waals surface area contributed by atoms with E-state index in [9.17, 15) is 13.5 Å². The minimum Gasteiger partial charge on any atom is -0.491 e. The monoisotopic (exact) mass is 467 g/mol. The first-order valence-electron chi connectivity index (χ1n) is 9.37. The van der Waals surface area contributed by atoms with Gasteiger partial charge in [0.2, 0.25) is 0 Å². The number of ether oxygens (including phenoxy) is 1. The van der Waals surface area contributed by atoms with E-state index in [-0.39, 0.29) is 24.2 Å². The Kier molecular flexibility index (Phi) is 7.15. The fourth-order valence-electron chi connectivity index (χ4n) is 3.38. The fourth-order valence-corrected chi connectivity index (χ4v) is 5.41. The first-order valence-corrected chi connectivity index (χ1v) is 12.0. The summed E-state index contributed by atoms with van der Waals surface area (Å²) < 4.78 is 30.5. The summed E-state index contributed by atoms with van der Waals surface area (Å²) in [5.74, 6) is 1.06. The van der Waals surface area contributed by atoms with Crippen molar-refractivity contribution in [1.82, 2.24) is 4.90 Å². The molecule has 1 saturated heterocycles. The van der Waals surface area contributed by atoms with E-state index in [1.807, 2.05) is 43.3 Å². The number of benzene rings is 2. The van der Waals surface area contributed by atoms with E-state index in [0.717, 1.165) is 10.0 Å². The maximum atomic E-state index is 11.9. The maximum Gasteiger partial charge on any atom is 0.151 e. The molecule has 2 atom stereocenters. The van der Waals surface area contributed by atoms with Crippen LogP contribution < -0.4 is 4.74 Å². The van der Waals surface area contributed by atoms with E-state index in [4.69, 9.17) is 4.74 Å². The molecule has 0 spiro atoms. The van der Waals surface area contributed by atoms with Crippen LogP contribution in [0.15, 0.2) is 53.0 Å². The van der Waals surface area contributed by atoms with Crippen LogP contribution in [0.5, 0.6) is 5.75 Å². The second-order valence-corrected chi connectivity index (χ2v) is 10.5. The van der Waals surface area contributed by atoms with Crippen molar-refractivity contribution in [3.05, 3.63) is 64.1 Å². The van der Waals surface area contributed by atoms with E-state index in [1.54, 1.807) is 0 Å². The zero-order chi connectivity index (χ0) is 20.1. The van der Waals surface area contributed by atoms with E-state index >= 15 is 0 Å². The number of sulfone groups is 1. The largest absolute Gasteiger partial charge is 0.491 e. The minimum atomic E-state index is -2.99. The summed E-state index contributed by atoms with van der Waals surface area (Å²) in [5.41, 5.74) is 2.29. The van der Waals surface area contributed by atoms with Crippen LogP contribution in [0.4, 0.5) is 0 Å². The van der Waals surface area contributed by atoms with Gasteiger partial charge in [-0.2, -0.15) is 0 Å². The molecule has 5 nitrogen and oxygen atoms in total. The van der Waals surface area contributed by atoms with Crippen molar-refractivity contribution in [1.29, 1.82) is 0 Å². The molecular formula is C21H26BrNO4S. The Morgan fingerprint density at radius 2 is 1.86 bits per heavy atom. The average molecular weight is 468 g/mol. The predicted octanol–water partition coefficient (Wildman–Crippen LogP) is 3.19. The summed E-state index contributed by atoms with van der Waals surface area (Å²) in [6.45, 7) is 3.17. The summed E-state index contributed by atoms with van der Waals surface area (Å²) in [4.78, 5) is 2.07. The van der Waals surface area contributed by atoms with Gasteiger partial charge in [-0.1, -0.05) is 45.8 Å². The fraction of sp³-hybridized carbons (Fsp3) is 0.429. The van der Waals surface area contributed by atoms with Crippen LogP contribution >= 0.6 is 15.9 Å². The van der Waals surface area contributed by atoms with Crippen molar-refractivity contribution < 1.29 is 18.3 Å². The Morgan fingerprint density at radius 3 is 2.46 bits per heavy atom. The highest BCUT2D eigenvalue weighted by Gasteiger charge is 2.33. The maximum absolute atomic E-state index is 11.9. The van der Waals surface area contributed by atoms with Crippen molar-refractivity contribution in [3.8, 4) is 5.75 Å². The van der Waals surface area contributed by atoms with Gasteiger partial charge in [-0.3, -0.25) is 4.90 Å². The van der Waals surface area contributed by atoms with Crippen molar-refractivity contribution in [2.24, 2.45) is 0 Å². The van der Waals surface area contributed by atoms with Crippen LogP contribution in [0.1, 0.15) is 17.5 Å². The lowest BCUT2D eigenvalue weighted by atomic mass is 10.1. The average Bonchev–Trinajstić information content (AvgIpc) is 3.02. The van der Waals surface area contributed by atoms with Gasteiger partial charge in [0, 0.05) is 23.6 Å². The quantitative estimate of drug-likeness (QED) is 0.645. The Morgan fingerprint density at radius 1 is 1.18 bits per heavy atom. The summed E-state index contributed by atoms with van der Waals surface area (Å²) in [5, 5.41) is 10.5. The van der Waals surface area contributed by atoms with E-state index in [0.29, 0.717) is 25.3 Å². The molecule has 2 unspecified atom stereocenters. The molecule has 0 radical (unpaired) electrons. The van der Waals surface area contributed by atoms with E-state index in [2.05, 4.69) is 33.0 Å². The van der Waals surface area contributed by atoms with Gasteiger partial charge >= 0.3 is 0 Å². The van der Waals surface area contributed by atoms with E-state index < -0.39 is 15.9 Å². The molecule has 0 aromatic heterocycles. The molecular weight excluding hydrogens is 442 g/mol. The highest BCUT2D eigenvalue weighted by atomic mass is 79.9.